The minimum absolute atomic E-state index is 0.280. The van der Waals surface area contributed by atoms with Crippen LogP contribution < -0.4 is 5.32 Å². The molecule has 1 N–H and O–H groups in total. The number of aromatic nitrogens is 1. The molecular formula is C14H19N3. The van der Waals surface area contributed by atoms with Gasteiger partial charge in [0.25, 0.3) is 0 Å². The van der Waals surface area contributed by atoms with Crippen LogP contribution in [0.5, 0.6) is 0 Å². The molecule has 0 aromatic carbocycles. The number of rotatable bonds is 2. The monoisotopic (exact) mass is 229 g/mol. The first-order chi connectivity index (χ1) is 8.13. The van der Waals surface area contributed by atoms with E-state index in [0.717, 1.165) is 12.2 Å². The summed E-state index contributed by atoms with van der Waals surface area (Å²) in [5, 5.41) is 12.5. The van der Waals surface area contributed by atoms with Crippen molar-refractivity contribution in [3.63, 3.8) is 0 Å². The highest BCUT2D eigenvalue weighted by atomic mass is 15.0. The van der Waals surface area contributed by atoms with E-state index in [0.29, 0.717) is 11.6 Å². The maximum atomic E-state index is 9.05. The summed E-state index contributed by atoms with van der Waals surface area (Å²) in [4.78, 5) is 4.28. The number of hydrogen-bond donors (Lipinski definition) is 1. The van der Waals surface area contributed by atoms with Crippen LogP contribution >= 0.6 is 0 Å². The molecule has 0 spiro atoms. The predicted octanol–water partition coefficient (Wildman–Crippen LogP) is 3.33. The van der Waals surface area contributed by atoms with Crippen molar-refractivity contribution in [1.29, 1.82) is 5.26 Å². The van der Waals surface area contributed by atoms with Crippen molar-refractivity contribution >= 4 is 5.82 Å². The molecule has 1 aliphatic rings. The molecule has 1 atom stereocenters. The lowest BCUT2D eigenvalue weighted by molar-refractivity contribution is 0.216. The van der Waals surface area contributed by atoms with Crippen molar-refractivity contribution in [3.8, 4) is 6.07 Å². The molecule has 1 aromatic rings. The Labute approximate surface area is 103 Å². The van der Waals surface area contributed by atoms with E-state index in [1.165, 1.54) is 19.3 Å². The molecule has 1 aromatic heterocycles. The van der Waals surface area contributed by atoms with Crippen LogP contribution in [0.4, 0.5) is 5.82 Å². The summed E-state index contributed by atoms with van der Waals surface area (Å²) in [5.41, 5.74) is 0.913. The molecule has 1 fully saturated rings. The van der Waals surface area contributed by atoms with Gasteiger partial charge in [0, 0.05) is 12.2 Å². The van der Waals surface area contributed by atoms with Gasteiger partial charge in [-0.15, -0.1) is 0 Å². The molecule has 0 bridgehead atoms. The Hall–Kier alpha value is -1.56. The number of anilines is 1. The van der Waals surface area contributed by atoms with Gasteiger partial charge in [0.1, 0.15) is 11.9 Å². The van der Waals surface area contributed by atoms with Gasteiger partial charge < -0.3 is 5.32 Å². The zero-order valence-electron chi connectivity index (χ0n) is 10.5. The molecule has 1 saturated carbocycles. The van der Waals surface area contributed by atoms with E-state index in [1.54, 1.807) is 12.3 Å². The SMILES string of the molecule is CC1(C)CCCCC1Nc1ncccc1C#N. The van der Waals surface area contributed by atoms with E-state index < -0.39 is 0 Å². The second kappa shape index (κ2) is 4.75. The van der Waals surface area contributed by atoms with Gasteiger partial charge in [-0.25, -0.2) is 4.98 Å². The molecule has 1 aliphatic carbocycles. The lowest BCUT2D eigenvalue weighted by Gasteiger charge is -2.39. The van der Waals surface area contributed by atoms with Crippen molar-refractivity contribution in [2.24, 2.45) is 5.41 Å². The molecule has 0 saturated heterocycles. The van der Waals surface area contributed by atoms with Crippen LogP contribution in [0, 0.1) is 16.7 Å². The Bertz CT molecular complexity index is 431. The van der Waals surface area contributed by atoms with Gasteiger partial charge in [-0.1, -0.05) is 26.7 Å². The third-order valence-corrected chi connectivity index (χ3v) is 3.75. The Morgan fingerprint density at radius 1 is 1.47 bits per heavy atom. The first kappa shape index (κ1) is 11.9. The van der Waals surface area contributed by atoms with Crippen LogP contribution in [0.3, 0.4) is 0 Å². The Morgan fingerprint density at radius 3 is 3.00 bits per heavy atom. The van der Waals surface area contributed by atoms with Gasteiger partial charge in [0.05, 0.1) is 5.56 Å². The summed E-state index contributed by atoms with van der Waals surface area (Å²) in [5.74, 6) is 0.731. The second-order valence-electron chi connectivity index (χ2n) is 5.44. The molecule has 1 unspecified atom stereocenters. The fourth-order valence-electron chi connectivity index (χ4n) is 2.54. The highest BCUT2D eigenvalue weighted by Gasteiger charge is 2.32. The molecule has 0 amide bonds. The van der Waals surface area contributed by atoms with Gasteiger partial charge in [0.2, 0.25) is 0 Å². The minimum Gasteiger partial charge on any atom is -0.366 e. The smallest absolute Gasteiger partial charge is 0.144 e. The summed E-state index contributed by atoms with van der Waals surface area (Å²) < 4.78 is 0. The largest absolute Gasteiger partial charge is 0.366 e. The highest BCUT2D eigenvalue weighted by molar-refractivity contribution is 5.52. The average Bonchev–Trinajstić information content (AvgIpc) is 2.32. The topological polar surface area (TPSA) is 48.7 Å². The van der Waals surface area contributed by atoms with Crippen LogP contribution in [-0.2, 0) is 0 Å². The van der Waals surface area contributed by atoms with Crippen molar-refractivity contribution < 1.29 is 0 Å². The van der Waals surface area contributed by atoms with Crippen molar-refractivity contribution in [2.45, 2.75) is 45.6 Å². The summed E-state index contributed by atoms with van der Waals surface area (Å²) in [6, 6.07) is 6.21. The van der Waals surface area contributed by atoms with E-state index in [2.05, 4.69) is 30.2 Å². The zero-order chi connectivity index (χ0) is 12.3. The average molecular weight is 229 g/mol. The lowest BCUT2D eigenvalue weighted by Crippen LogP contribution is -2.39. The van der Waals surface area contributed by atoms with Crippen molar-refractivity contribution in [2.75, 3.05) is 5.32 Å². The molecule has 0 aliphatic heterocycles. The highest BCUT2D eigenvalue weighted by Crippen LogP contribution is 2.37. The van der Waals surface area contributed by atoms with Gasteiger partial charge in [-0.3, -0.25) is 0 Å². The third kappa shape index (κ3) is 2.58. The number of hydrogen-bond acceptors (Lipinski definition) is 3. The fourth-order valence-corrected chi connectivity index (χ4v) is 2.54. The summed E-state index contributed by atoms with van der Waals surface area (Å²) >= 11 is 0. The molecule has 3 nitrogen and oxygen atoms in total. The normalized spacial score (nSPS) is 22.8. The maximum absolute atomic E-state index is 9.05. The first-order valence-corrected chi connectivity index (χ1v) is 6.25. The van der Waals surface area contributed by atoms with Gasteiger partial charge in [-0.05, 0) is 30.4 Å². The fraction of sp³-hybridized carbons (Fsp3) is 0.571. The number of nitrogens with zero attached hydrogens (tertiary/aromatic N) is 2. The molecule has 0 radical (unpaired) electrons. The summed E-state index contributed by atoms with van der Waals surface area (Å²) in [7, 11) is 0. The molecule has 1 heterocycles. The Balaban J connectivity index is 2.17. The van der Waals surface area contributed by atoms with Crippen LogP contribution in [0.2, 0.25) is 0 Å². The number of pyridine rings is 1. The molecular weight excluding hydrogens is 210 g/mol. The molecule has 2 rings (SSSR count). The molecule has 17 heavy (non-hydrogen) atoms. The third-order valence-electron chi connectivity index (χ3n) is 3.75. The minimum atomic E-state index is 0.280. The lowest BCUT2D eigenvalue weighted by atomic mass is 9.73. The van der Waals surface area contributed by atoms with Crippen LogP contribution in [0.15, 0.2) is 18.3 Å². The van der Waals surface area contributed by atoms with E-state index in [4.69, 9.17) is 5.26 Å². The molecule has 3 heteroatoms. The van der Waals surface area contributed by atoms with Gasteiger partial charge in [0.15, 0.2) is 0 Å². The summed E-state index contributed by atoms with van der Waals surface area (Å²) in [6.07, 6.45) is 6.70. The summed E-state index contributed by atoms with van der Waals surface area (Å²) in [6.45, 7) is 4.58. The molecule has 90 valence electrons. The second-order valence-corrected chi connectivity index (χ2v) is 5.44. The van der Waals surface area contributed by atoms with Crippen molar-refractivity contribution in [3.05, 3.63) is 23.9 Å². The quantitative estimate of drug-likeness (QED) is 0.846. The Kier molecular flexibility index (Phi) is 3.33. The zero-order valence-corrected chi connectivity index (χ0v) is 10.5. The Morgan fingerprint density at radius 2 is 2.29 bits per heavy atom. The van der Waals surface area contributed by atoms with Crippen LogP contribution in [0.25, 0.3) is 0 Å². The van der Waals surface area contributed by atoms with E-state index in [9.17, 15) is 0 Å². The predicted molar refractivity (Wildman–Crippen MR) is 68.6 cm³/mol. The standard InChI is InChI=1S/C14H19N3/c1-14(2)8-4-3-7-12(14)17-13-11(10-15)6-5-9-16-13/h5-6,9,12H,3-4,7-8H2,1-2H3,(H,16,17). The van der Waals surface area contributed by atoms with Gasteiger partial charge in [-0.2, -0.15) is 5.26 Å². The van der Waals surface area contributed by atoms with E-state index in [-0.39, 0.29) is 5.41 Å². The number of nitrogens with one attached hydrogen (secondary N) is 1. The maximum Gasteiger partial charge on any atom is 0.144 e. The van der Waals surface area contributed by atoms with E-state index >= 15 is 0 Å². The van der Waals surface area contributed by atoms with Gasteiger partial charge >= 0.3 is 0 Å². The van der Waals surface area contributed by atoms with E-state index in [1.807, 2.05) is 6.07 Å². The number of nitriles is 1. The first-order valence-electron chi connectivity index (χ1n) is 6.25. The van der Waals surface area contributed by atoms with Crippen molar-refractivity contribution in [1.82, 2.24) is 4.98 Å². The van der Waals surface area contributed by atoms with Crippen LogP contribution in [-0.4, -0.2) is 11.0 Å². The van der Waals surface area contributed by atoms with Crippen LogP contribution in [0.1, 0.15) is 45.1 Å².